The van der Waals surface area contributed by atoms with Crippen molar-refractivity contribution in [3.05, 3.63) is 35.4 Å². The summed E-state index contributed by atoms with van der Waals surface area (Å²) in [6.45, 7) is 1.73. The summed E-state index contributed by atoms with van der Waals surface area (Å²) in [5.74, 6) is -0.575. The third kappa shape index (κ3) is 3.11. The molecule has 0 fully saturated rings. The summed E-state index contributed by atoms with van der Waals surface area (Å²) in [5.41, 5.74) is 0.278. The van der Waals surface area contributed by atoms with E-state index in [2.05, 4.69) is 11.4 Å². The van der Waals surface area contributed by atoms with Crippen LogP contribution in [0.5, 0.6) is 0 Å². The quantitative estimate of drug-likeness (QED) is 0.915. The fourth-order valence-corrected chi connectivity index (χ4v) is 2.64. The monoisotopic (exact) mass is 286 g/mol. The number of ether oxygens (including phenoxy) is 1. The third-order valence-electron chi connectivity index (χ3n) is 3.69. The number of carbonyl (C=O) groups excluding carboxylic acids is 2. The molecule has 110 valence electrons. The number of methoxy groups -OCH3 is 1. The summed E-state index contributed by atoms with van der Waals surface area (Å²) in [6.07, 6.45) is 0.818. The Morgan fingerprint density at radius 2 is 2.24 bits per heavy atom. The molecule has 0 aliphatic heterocycles. The van der Waals surface area contributed by atoms with Crippen molar-refractivity contribution in [2.75, 3.05) is 13.7 Å². The van der Waals surface area contributed by atoms with Gasteiger partial charge < -0.3 is 10.1 Å². The standard InChI is InChI=1S/C16H18N2O3/c1-16(9-17,10-21-2)18-15(20)13-7-8-14(19)12-6-4-3-5-11(12)13/h3-6,13H,7-8,10H2,1-2H3,(H,18,20). The van der Waals surface area contributed by atoms with Gasteiger partial charge in [0, 0.05) is 19.1 Å². The number of hydrogen-bond donors (Lipinski definition) is 1. The number of benzene rings is 1. The fourth-order valence-electron chi connectivity index (χ4n) is 2.64. The van der Waals surface area contributed by atoms with Gasteiger partial charge in [0.25, 0.3) is 0 Å². The lowest BCUT2D eigenvalue weighted by Crippen LogP contribution is -2.50. The first-order valence-corrected chi connectivity index (χ1v) is 6.85. The summed E-state index contributed by atoms with van der Waals surface area (Å²) in [7, 11) is 1.48. The van der Waals surface area contributed by atoms with Crippen molar-refractivity contribution in [1.29, 1.82) is 5.26 Å². The average Bonchev–Trinajstić information content (AvgIpc) is 2.48. The second-order valence-corrected chi connectivity index (χ2v) is 5.47. The molecule has 0 bridgehead atoms. The molecule has 1 aromatic carbocycles. The lowest BCUT2D eigenvalue weighted by atomic mass is 9.81. The highest BCUT2D eigenvalue weighted by molar-refractivity contribution is 6.01. The van der Waals surface area contributed by atoms with E-state index < -0.39 is 11.5 Å². The van der Waals surface area contributed by atoms with Crippen LogP contribution in [0, 0.1) is 11.3 Å². The van der Waals surface area contributed by atoms with E-state index in [9.17, 15) is 14.9 Å². The number of carbonyl (C=O) groups is 2. The van der Waals surface area contributed by atoms with E-state index in [4.69, 9.17) is 4.74 Å². The lowest BCUT2D eigenvalue weighted by molar-refractivity contribution is -0.124. The van der Waals surface area contributed by atoms with Crippen LogP contribution in [0.15, 0.2) is 24.3 Å². The van der Waals surface area contributed by atoms with Crippen molar-refractivity contribution in [1.82, 2.24) is 5.32 Å². The first-order chi connectivity index (χ1) is 10.0. The molecule has 1 aliphatic rings. The van der Waals surface area contributed by atoms with Gasteiger partial charge >= 0.3 is 0 Å². The molecule has 21 heavy (non-hydrogen) atoms. The van der Waals surface area contributed by atoms with Crippen LogP contribution in [0.25, 0.3) is 0 Å². The molecule has 0 saturated heterocycles. The van der Waals surface area contributed by atoms with Gasteiger partial charge in [-0.2, -0.15) is 5.26 Å². The van der Waals surface area contributed by atoms with Gasteiger partial charge in [0.05, 0.1) is 18.6 Å². The van der Waals surface area contributed by atoms with Gasteiger partial charge in [-0.15, -0.1) is 0 Å². The molecule has 0 saturated carbocycles. The zero-order chi connectivity index (χ0) is 15.5. The molecule has 1 aromatic rings. The molecule has 0 spiro atoms. The number of nitrogens with one attached hydrogen (secondary N) is 1. The summed E-state index contributed by atoms with van der Waals surface area (Å²) in [6, 6.07) is 9.22. The van der Waals surface area contributed by atoms with Gasteiger partial charge in [-0.05, 0) is 18.9 Å². The first kappa shape index (κ1) is 15.2. The van der Waals surface area contributed by atoms with Crippen LogP contribution in [0.4, 0.5) is 0 Å². The Kier molecular flexibility index (Phi) is 4.39. The Labute approximate surface area is 123 Å². The van der Waals surface area contributed by atoms with Crippen molar-refractivity contribution in [2.24, 2.45) is 0 Å². The molecule has 1 amide bonds. The van der Waals surface area contributed by atoms with Crippen molar-refractivity contribution in [3.8, 4) is 6.07 Å². The Balaban J connectivity index is 2.24. The normalized spacial score (nSPS) is 20.0. The van der Waals surface area contributed by atoms with Crippen LogP contribution < -0.4 is 5.32 Å². The Morgan fingerprint density at radius 1 is 1.52 bits per heavy atom. The van der Waals surface area contributed by atoms with Crippen LogP contribution in [-0.2, 0) is 9.53 Å². The van der Waals surface area contributed by atoms with Crippen LogP contribution in [-0.4, -0.2) is 30.9 Å². The topological polar surface area (TPSA) is 79.2 Å². The number of rotatable bonds is 4. The van der Waals surface area contributed by atoms with Crippen LogP contribution >= 0.6 is 0 Å². The SMILES string of the molecule is COCC(C)(C#N)NC(=O)C1CCC(=O)c2ccccc21. The average molecular weight is 286 g/mol. The molecule has 0 aromatic heterocycles. The fraction of sp³-hybridized carbons (Fsp3) is 0.438. The second-order valence-electron chi connectivity index (χ2n) is 5.47. The lowest BCUT2D eigenvalue weighted by Gasteiger charge is -2.28. The molecule has 5 nitrogen and oxygen atoms in total. The van der Waals surface area contributed by atoms with Gasteiger partial charge in [0.2, 0.25) is 5.91 Å². The minimum atomic E-state index is -1.07. The molecular formula is C16H18N2O3. The smallest absolute Gasteiger partial charge is 0.228 e. The highest BCUT2D eigenvalue weighted by Crippen LogP contribution is 2.32. The van der Waals surface area contributed by atoms with Gasteiger partial charge in [-0.3, -0.25) is 9.59 Å². The zero-order valence-corrected chi connectivity index (χ0v) is 12.2. The highest BCUT2D eigenvalue weighted by atomic mass is 16.5. The highest BCUT2D eigenvalue weighted by Gasteiger charge is 2.34. The Hall–Kier alpha value is -2.19. The van der Waals surface area contributed by atoms with Crippen LogP contribution in [0.2, 0.25) is 0 Å². The van der Waals surface area contributed by atoms with E-state index in [0.717, 1.165) is 5.56 Å². The summed E-state index contributed by atoms with van der Waals surface area (Å²) < 4.78 is 4.98. The van der Waals surface area contributed by atoms with Crippen molar-refractivity contribution in [2.45, 2.75) is 31.2 Å². The number of nitriles is 1. The van der Waals surface area contributed by atoms with E-state index >= 15 is 0 Å². The van der Waals surface area contributed by atoms with E-state index in [1.165, 1.54) is 7.11 Å². The molecule has 2 unspecified atom stereocenters. The van der Waals surface area contributed by atoms with E-state index in [1.807, 2.05) is 6.07 Å². The summed E-state index contributed by atoms with van der Waals surface area (Å²) >= 11 is 0. The Morgan fingerprint density at radius 3 is 2.90 bits per heavy atom. The minimum Gasteiger partial charge on any atom is -0.381 e. The Bertz CT molecular complexity index is 606. The molecule has 1 aliphatic carbocycles. The molecule has 0 heterocycles. The number of fused-ring (bicyclic) bond motifs is 1. The predicted molar refractivity (Wildman–Crippen MR) is 76.8 cm³/mol. The molecule has 5 heteroatoms. The van der Waals surface area contributed by atoms with Crippen molar-refractivity contribution >= 4 is 11.7 Å². The molecule has 1 N–H and O–H groups in total. The number of hydrogen-bond acceptors (Lipinski definition) is 4. The predicted octanol–water partition coefficient (Wildman–Crippen LogP) is 1.79. The third-order valence-corrected chi connectivity index (χ3v) is 3.69. The maximum atomic E-state index is 12.5. The molecule has 0 radical (unpaired) electrons. The summed E-state index contributed by atoms with van der Waals surface area (Å²) in [4.78, 5) is 24.4. The number of amides is 1. The number of Topliss-reactive ketones (excluding diaryl/α,β-unsaturated/α-hetero) is 1. The van der Waals surface area contributed by atoms with Crippen molar-refractivity contribution in [3.63, 3.8) is 0 Å². The van der Waals surface area contributed by atoms with E-state index in [-0.39, 0.29) is 18.3 Å². The second kappa shape index (κ2) is 6.06. The largest absolute Gasteiger partial charge is 0.381 e. The minimum absolute atomic E-state index is 0.0644. The van der Waals surface area contributed by atoms with Crippen LogP contribution in [0.3, 0.4) is 0 Å². The molecular weight excluding hydrogens is 268 g/mol. The van der Waals surface area contributed by atoms with Gasteiger partial charge in [0.1, 0.15) is 5.54 Å². The molecule has 2 atom stereocenters. The van der Waals surface area contributed by atoms with E-state index in [1.54, 1.807) is 25.1 Å². The number of nitrogens with zero attached hydrogens (tertiary/aromatic N) is 1. The maximum Gasteiger partial charge on any atom is 0.228 e. The first-order valence-electron chi connectivity index (χ1n) is 6.85. The van der Waals surface area contributed by atoms with Gasteiger partial charge in [0.15, 0.2) is 5.78 Å². The number of ketones is 1. The van der Waals surface area contributed by atoms with Crippen molar-refractivity contribution < 1.29 is 14.3 Å². The maximum absolute atomic E-state index is 12.5. The van der Waals surface area contributed by atoms with E-state index in [0.29, 0.717) is 18.4 Å². The van der Waals surface area contributed by atoms with Crippen LogP contribution in [0.1, 0.15) is 41.6 Å². The van der Waals surface area contributed by atoms with Gasteiger partial charge in [-0.25, -0.2) is 0 Å². The summed E-state index contributed by atoms with van der Waals surface area (Å²) in [5, 5.41) is 11.9. The van der Waals surface area contributed by atoms with Gasteiger partial charge in [-0.1, -0.05) is 24.3 Å². The zero-order valence-electron chi connectivity index (χ0n) is 12.2. The molecule has 2 rings (SSSR count).